The van der Waals surface area contributed by atoms with Gasteiger partial charge in [-0.3, -0.25) is 4.90 Å². The Hall–Kier alpha value is -1.94. The number of ether oxygens (including phenoxy) is 2. The SMILES string of the molecule is C=CCN1CCCCC1[C@@H]1COC(c2ccccc2)(c2ccccc2)O1. The number of nitrogens with zero attached hydrogens (tertiary/aromatic N) is 1. The minimum Gasteiger partial charge on any atom is -0.339 e. The van der Waals surface area contributed by atoms with Gasteiger partial charge in [-0.25, -0.2) is 0 Å². The van der Waals surface area contributed by atoms with Crippen LogP contribution in [0.2, 0.25) is 0 Å². The number of hydrogen-bond donors (Lipinski definition) is 0. The minimum atomic E-state index is -0.815. The number of rotatable bonds is 5. The number of piperidine rings is 1. The van der Waals surface area contributed by atoms with Crippen LogP contribution in [0, 0.1) is 0 Å². The van der Waals surface area contributed by atoms with Crippen molar-refractivity contribution in [2.24, 2.45) is 0 Å². The molecule has 2 aromatic rings. The predicted octanol–water partition coefficient (Wildman–Crippen LogP) is 4.34. The molecular formula is C23H27NO2. The Morgan fingerprint density at radius 3 is 2.27 bits per heavy atom. The Morgan fingerprint density at radius 1 is 1.00 bits per heavy atom. The van der Waals surface area contributed by atoms with Crippen LogP contribution in [-0.2, 0) is 15.3 Å². The second kappa shape index (κ2) is 7.75. The third-order valence-electron chi connectivity index (χ3n) is 5.53. The van der Waals surface area contributed by atoms with E-state index in [9.17, 15) is 0 Å². The van der Waals surface area contributed by atoms with Crippen LogP contribution in [0.15, 0.2) is 73.3 Å². The fourth-order valence-electron chi connectivity index (χ4n) is 4.29. The first-order chi connectivity index (χ1) is 12.8. The third kappa shape index (κ3) is 3.23. The molecule has 2 saturated heterocycles. The third-order valence-corrected chi connectivity index (χ3v) is 5.53. The molecule has 2 aromatic carbocycles. The molecule has 2 heterocycles. The van der Waals surface area contributed by atoms with Crippen molar-refractivity contribution in [1.29, 1.82) is 0 Å². The van der Waals surface area contributed by atoms with Crippen LogP contribution in [0.1, 0.15) is 30.4 Å². The average molecular weight is 349 g/mol. The summed E-state index contributed by atoms with van der Waals surface area (Å²) in [6.07, 6.45) is 5.72. The molecule has 2 aliphatic heterocycles. The summed E-state index contributed by atoms with van der Waals surface area (Å²) in [6, 6.07) is 21.0. The normalized spacial score (nSPS) is 25.8. The summed E-state index contributed by atoms with van der Waals surface area (Å²) in [7, 11) is 0. The van der Waals surface area contributed by atoms with Gasteiger partial charge in [0.25, 0.3) is 0 Å². The quantitative estimate of drug-likeness (QED) is 0.750. The highest BCUT2D eigenvalue weighted by Gasteiger charge is 2.48. The van der Waals surface area contributed by atoms with E-state index >= 15 is 0 Å². The van der Waals surface area contributed by atoms with E-state index in [4.69, 9.17) is 9.47 Å². The zero-order chi connectivity index (χ0) is 17.8. The van der Waals surface area contributed by atoms with E-state index in [2.05, 4.69) is 35.7 Å². The lowest BCUT2D eigenvalue weighted by atomic mass is 9.96. The van der Waals surface area contributed by atoms with Crippen LogP contribution < -0.4 is 0 Å². The van der Waals surface area contributed by atoms with Gasteiger partial charge in [-0.1, -0.05) is 73.2 Å². The highest BCUT2D eigenvalue weighted by atomic mass is 16.7. The Labute approximate surface area is 156 Å². The molecule has 1 unspecified atom stereocenters. The van der Waals surface area contributed by atoms with Gasteiger partial charge in [0.1, 0.15) is 6.10 Å². The van der Waals surface area contributed by atoms with Crippen molar-refractivity contribution in [3.05, 3.63) is 84.4 Å². The predicted molar refractivity (Wildman–Crippen MR) is 104 cm³/mol. The van der Waals surface area contributed by atoms with Gasteiger partial charge in [0.15, 0.2) is 0 Å². The molecule has 0 aromatic heterocycles. The minimum absolute atomic E-state index is 0.0654. The molecule has 0 N–H and O–H groups in total. The molecule has 0 amide bonds. The van der Waals surface area contributed by atoms with Crippen LogP contribution in [-0.4, -0.2) is 36.7 Å². The van der Waals surface area contributed by atoms with Crippen LogP contribution >= 0.6 is 0 Å². The molecule has 3 nitrogen and oxygen atoms in total. The first-order valence-electron chi connectivity index (χ1n) is 9.61. The van der Waals surface area contributed by atoms with Gasteiger partial charge in [-0.15, -0.1) is 6.58 Å². The van der Waals surface area contributed by atoms with Crippen LogP contribution in [0.3, 0.4) is 0 Å². The van der Waals surface area contributed by atoms with Crippen molar-refractivity contribution in [3.8, 4) is 0 Å². The van der Waals surface area contributed by atoms with Crippen molar-refractivity contribution in [2.45, 2.75) is 37.2 Å². The molecule has 3 heteroatoms. The fraction of sp³-hybridized carbons (Fsp3) is 0.391. The average Bonchev–Trinajstić information content (AvgIpc) is 3.17. The van der Waals surface area contributed by atoms with Gasteiger partial charge in [-0.05, 0) is 19.4 Å². The van der Waals surface area contributed by atoms with E-state index in [0.717, 1.165) is 30.6 Å². The molecule has 4 rings (SSSR count). The maximum atomic E-state index is 6.74. The molecular weight excluding hydrogens is 322 g/mol. The Bertz CT molecular complexity index is 676. The van der Waals surface area contributed by atoms with Crippen LogP contribution in [0.4, 0.5) is 0 Å². The molecule has 0 spiro atoms. The Balaban J connectivity index is 1.66. The van der Waals surface area contributed by atoms with Crippen molar-refractivity contribution in [2.75, 3.05) is 19.7 Å². The Kier molecular flexibility index (Phi) is 5.21. The van der Waals surface area contributed by atoms with Gasteiger partial charge >= 0.3 is 0 Å². The lowest BCUT2D eigenvalue weighted by Crippen LogP contribution is -2.48. The van der Waals surface area contributed by atoms with E-state index in [1.807, 2.05) is 42.5 Å². The van der Waals surface area contributed by atoms with Crippen molar-refractivity contribution < 1.29 is 9.47 Å². The smallest absolute Gasteiger partial charge is 0.222 e. The number of likely N-dealkylation sites (tertiary alicyclic amines) is 1. The molecule has 0 saturated carbocycles. The first-order valence-corrected chi connectivity index (χ1v) is 9.61. The zero-order valence-corrected chi connectivity index (χ0v) is 15.2. The summed E-state index contributed by atoms with van der Waals surface area (Å²) in [5.41, 5.74) is 2.11. The molecule has 0 bridgehead atoms. The summed E-state index contributed by atoms with van der Waals surface area (Å²) < 4.78 is 13.2. The summed E-state index contributed by atoms with van der Waals surface area (Å²) in [4.78, 5) is 2.50. The van der Waals surface area contributed by atoms with Crippen molar-refractivity contribution in [3.63, 3.8) is 0 Å². The van der Waals surface area contributed by atoms with Crippen molar-refractivity contribution in [1.82, 2.24) is 4.90 Å². The lowest BCUT2D eigenvalue weighted by molar-refractivity contribution is -0.152. The van der Waals surface area contributed by atoms with Gasteiger partial charge in [0.05, 0.1) is 6.61 Å². The van der Waals surface area contributed by atoms with Gasteiger partial charge < -0.3 is 9.47 Å². The Morgan fingerprint density at radius 2 is 1.65 bits per heavy atom. The summed E-state index contributed by atoms with van der Waals surface area (Å²) in [5.74, 6) is -0.815. The molecule has 2 fully saturated rings. The summed E-state index contributed by atoms with van der Waals surface area (Å²) in [6.45, 7) is 6.56. The van der Waals surface area contributed by atoms with E-state index < -0.39 is 5.79 Å². The monoisotopic (exact) mass is 349 g/mol. The summed E-state index contributed by atoms with van der Waals surface area (Å²) >= 11 is 0. The fourth-order valence-corrected chi connectivity index (χ4v) is 4.29. The van der Waals surface area contributed by atoms with Gasteiger partial charge in [-0.2, -0.15) is 0 Å². The molecule has 26 heavy (non-hydrogen) atoms. The van der Waals surface area contributed by atoms with E-state index in [1.54, 1.807) is 0 Å². The largest absolute Gasteiger partial charge is 0.339 e. The van der Waals surface area contributed by atoms with Crippen molar-refractivity contribution >= 4 is 0 Å². The highest BCUT2D eigenvalue weighted by molar-refractivity contribution is 5.34. The molecule has 0 aliphatic carbocycles. The number of hydrogen-bond acceptors (Lipinski definition) is 3. The van der Waals surface area contributed by atoms with E-state index in [-0.39, 0.29) is 6.10 Å². The molecule has 136 valence electrons. The second-order valence-corrected chi connectivity index (χ2v) is 7.16. The summed E-state index contributed by atoms with van der Waals surface area (Å²) in [5, 5.41) is 0. The van der Waals surface area contributed by atoms with Gasteiger partial charge in [0.2, 0.25) is 5.79 Å². The zero-order valence-electron chi connectivity index (χ0n) is 15.2. The lowest BCUT2D eigenvalue weighted by Gasteiger charge is -2.38. The topological polar surface area (TPSA) is 21.7 Å². The maximum absolute atomic E-state index is 6.74. The van der Waals surface area contributed by atoms with E-state index in [0.29, 0.717) is 12.6 Å². The molecule has 2 atom stereocenters. The maximum Gasteiger partial charge on any atom is 0.222 e. The van der Waals surface area contributed by atoms with Crippen LogP contribution in [0.25, 0.3) is 0 Å². The van der Waals surface area contributed by atoms with Gasteiger partial charge in [0, 0.05) is 23.7 Å². The molecule has 2 aliphatic rings. The molecule has 0 radical (unpaired) electrons. The second-order valence-electron chi connectivity index (χ2n) is 7.16. The first kappa shape index (κ1) is 17.5. The number of benzene rings is 2. The highest BCUT2D eigenvalue weighted by Crippen LogP contribution is 2.42. The van der Waals surface area contributed by atoms with Crippen LogP contribution in [0.5, 0.6) is 0 Å². The standard InChI is InChI=1S/C23H27NO2/c1-2-16-24-17-10-9-15-21(24)22-18-25-23(26-22,19-11-5-3-6-12-19)20-13-7-4-8-14-20/h2-8,11-14,21-22H,1,9-10,15-18H2/t21?,22-/m0/s1. The van der Waals surface area contributed by atoms with E-state index in [1.165, 1.54) is 12.8 Å².